The molecule has 6 heteroatoms. The van der Waals surface area contributed by atoms with Gasteiger partial charge in [-0.15, -0.1) is 23.1 Å². The van der Waals surface area contributed by atoms with Crippen molar-refractivity contribution in [1.29, 1.82) is 0 Å². The lowest BCUT2D eigenvalue weighted by Crippen LogP contribution is -2.53. The number of carbonyl (C=O) groups is 1. The van der Waals surface area contributed by atoms with Crippen molar-refractivity contribution in [2.24, 2.45) is 0 Å². The molecule has 0 bridgehead atoms. The number of carbonyl (C=O) groups excluding carboxylic acids is 1. The molecular formula is C14H14N2O2S2. The van der Waals surface area contributed by atoms with Crippen molar-refractivity contribution in [1.82, 2.24) is 9.88 Å². The van der Waals surface area contributed by atoms with E-state index in [2.05, 4.69) is 4.98 Å². The number of amides is 1. The van der Waals surface area contributed by atoms with E-state index in [1.807, 2.05) is 35.2 Å². The number of β-amino-alcohol motifs (C(OH)–C–C–N with tert-alkyl or cyclic N) is 1. The van der Waals surface area contributed by atoms with Crippen LogP contribution in [0.1, 0.15) is 16.1 Å². The number of likely N-dealkylation sites (tertiary alicyclic amines) is 1. The zero-order valence-corrected chi connectivity index (χ0v) is 12.4. The minimum atomic E-state index is -0.367. The van der Waals surface area contributed by atoms with Crippen LogP contribution in [0, 0.1) is 0 Å². The molecule has 4 nitrogen and oxygen atoms in total. The maximum Gasteiger partial charge on any atom is 0.255 e. The quantitative estimate of drug-likeness (QED) is 0.880. The van der Waals surface area contributed by atoms with Gasteiger partial charge in [0.05, 0.1) is 22.9 Å². The molecule has 1 saturated heterocycles. The Bertz CT molecular complexity index is 595. The van der Waals surface area contributed by atoms with Crippen molar-refractivity contribution < 1.29 is 9.90 Å². The van der Waals surface area contributed by atoms with Gasteiger partial charge in [-0.05, 0) is 12.1 Å². The van der Waals surface area contributed by atoms with Crippen LogP contribution >= 0.6 is 23.1 Å². The lowest BCUT2D eigenvalue weighted by atomic mass is 10.1. The molecule has 0 radical (unpaired) electrons. The van der Waals surface area contributed by atoms with Crippen molar-refractivity contribution in [2.45, 2.75) is 16.8 Å². The van der Waals surface area contributed by atoms with Gasteiger partial charge in [0, 0.05) is 29.1 Å². The van der Waals surface area contributed by atoms with Gasteiger partial charge in [-0.25, -0.2) is 4.98 Å². The molecule has 3 rings (SSSR count). The van der Waals surface area contributed by atoms with Crippen LogP contribution in [0.15, 0.2) is 40.1 Å². The number of hydrogen-bond donors (Lipinski definition) is 1. The first-order valence-electron chi connectivity index (χ1n) is 6.30. The van der Waals surface area contributed by atoms with E-state index < -0.39 is 0 Å². The van der Waals surface area contributed by atoms with E-state index in [1.54, 1.807) is 28.0 Å². The van der Waals surface area contributed by atoms with Gasteiger partial charge in [0.25, 0.3) is 5.91 Å². The Hall–Kier alpha value is -1.37. The van der Waals surface area contributed by atoms with E-state index in [0.29, 0.717) is 18.7 Å². The van der Waals surface area contributed by atoms with Crippen LogP contribution in [-0.4, -0.2) is 40.1 Å². The predicted octanol–water partition coefficient (Wildman–Crippen LogP) is 2.25. The first-order valence-corrected chi connectivity index (χ1v) is 8.23. The topological polar surface area (TPSA) is 53.4 Å². The first-order chi connectivity index (χ1) is 9.74. The summed E-state index contributed by atoms with van der Waals surface area (Å²) in [6.45, 7) is 0.869. The SMILES string of the molecule is O=C(c1ccccc1SCc1cscn1)N1CC(O)C1. The molecule has 2 heterocycles. The molecule has 0 atom stereocenters. The highest BCUT2D eigenvalue weighted by atomic mass is 32.2. The highest BCUT2D eigenvalue weighted by Crippen LogP contribution is 2.28. The molecule has 1 aliphatic rings. The fourth-order valence-corrected chi connectivity index (χ4v) is 3.63. The number of aromatic nitrogens is 1. The maximum absolute atomic E-state index is 12.3. The van der Waals surface area contributed by atoms with Crippen LogP contribution in [0.2, 0.25) is 0 Å². The summed E-state index contributed by atoms with van der Waals surface area (Å²) in [5, 5.41) is 11.3. The van der Waals surface area contributed by atoms with Gasteiger partial charge >= 0.3 is 0 Å². The van der Waals surface area contributed by atoms with Crippen LogP contribution in [-0.2, 0) is 5.75 Å². The molecule has 1 amide bonds. The number of thioether (sulfide) groups is 1. The van der Waals surface area contributed by atoms with Gasteiger partial charge in [-0.2, -0.15) is 0 Å². The summed E-state index contributed by atoms with van der Waals surface area (Å²) in [6, 6.07) is 7.61. The Morgan fingerprint density at radius 3 is 2.95 bits per heavy atom. The summed E-state index contributed by atoms with van der Waals surface area (Å²) < 4.78 is 0. The van der Waals surface area contributed by atoms with E-state index in [0.717, 1.165) is 16.3 Å². The fourth-order valence-electron chi connectivity index (χ4n) is 2.02. The Morgan fingerprint density at radius 2 is 2.25 bits per heavy atom. The first kappa shape index (κ1) is 13.6. The Morgan fingerprint density at radius 1 is 1.45 bits per heavy atom. The molecule has 0 aliphatic carbocycles. The number of aliphatic hydroxyl groups is 1. The van der Waals surface area contributed by atoms with Crippen molar-refractivity contribution in [3.8, 4) is 0 Å². The lowest BCUT2D eigenvalue weighted by Gasteiger charge is -2.36. The van der Waals surface area contributed by atoms with Crippen LogP contribution in [0.25, 0.3) is 0 Å². The zero-order valence-electron chi connectivity index (χ0n) is 10.7. The standard InChI is InChI=1S/C14H14N2O2S2/c17-11-5-16(6-11)14(18)12-3-1-2-4-13(12)20-8-10-7-19-9-15-10/h1-4,7,9,11,17H,5-6,8H2. The van der Waals surface area contributed by atoms with Crippen LogP contribution in [0.4, 0.5) is 0 Å². The molecular weight excluding hydrogens is 292 g/mol. The Labute approximate surface area is 125 Å². The molecule has 0 unspecified atom stereocenters. The second kappa shape index (κ2) is 5.95. The van der Waals surface area contributed by atoms with Gasteiger partial charge < -0.3 is 10.0 Å². The lowest BCUT2D eigenvalue weighted by molar-refractivity contribution is 0.00566. The van der Waals surface area contributed by atoms with Gasteiger partial charge in [0.2, 0.25) is 0 Å². The van der Waals surface area contributed by atoms with Crippen molar-refractivity contribution >= 4 is 29.0 Å². The van der Waals surface area contributed by atoms with Crippen molar-refractivity contribution in [3.05, 3.63) is 46.4 Å². The Balaban J connectivity index is 1.72. The van der Waals surface area contributed by atoms with Gasteiger partial charge in [-0.3, -0.25) is 4.79 Å². The van der Waals surface area contributed by atoms with Crippen LogP contribution in [0.5, 0.6) is 0 Å². The average Bonchev–Trinajstić information content (AvgIpc) is 2.94. The summed E-state index contributed by atoms with van der Waals surface area (Å²) >= 11 is 3.20. The third kappa shape index (κ3) is 2.87. The van der Waals surface area contributed by atoms with E-state index in [-0.39, 0.29) is 12.0 Å². The average molecular weight is 306 g/mol. The molecule has 0 saturated carbocycles. The van der Waals surface area contributed by atoms with Crippen LogP contribution in [0.3, 0.4) is 0 Å². The zero-order chi connectivity index (χ0) is 13.9. The van der Waals surface area contributed by atoms with E-state index in [9.17, 15) is 9.90 Å². The van der Waals surface area contributed by atoms with E-state index in [4.69, 9.17) is 0 Å². The minimum Gasteiger partial charge on any atom is -0.389 e. The number of benzene rings is 1. The fraction of sp³-hybridized carbons (Fsp3) is 0.286. The molecule has 1 aliphatic heterocycles. The van der Waals surface area contributed by atoms with E-state index in [1.165, 1.54) is 0 Å². The maximum atomic E-state index is 12.3. The highest BCUT2D eigenvalue weighted by Gasteiger charge is 2.30. The third-order valence-electron chi connectivity index (χ3n) is 3.13. The van der Waals surface area contributed by atoms with Crippen molar-refractivity contribution in [2.75, 3.05) is 13.1 Å². The molecule has 1 aromatic heterocycles. The number of nitrogens with zero attached hydrogens (tertiary/aromatic N) is 2. The van der Waals surface area contributed by atoms with Crippen LogP contribution < -0.4 is 0 Å². The van der Waals surface area contributed by atoms with E-state index >= 15 is 0 Å². The number of aliphatic hydroxyl groups excluding tert-OH is 1. The predicted molar refractivity (Wildman–Crippen MR) is 80.0 cm³/mol. The molecule has 0 spiro atoms. The van der Waals surface area contributed by atoms with Gasteiger partial charge in [0.15, 0.2) is 0 Å². The smallest absolute Gasteiger partial charge is 0.255 e. The summed E-state index contributed by atoms with van der Waals surface area (Å²) in [5.41, 5.74) is 3.55. The van der Waals surface area contributed by atoms with Crippen molar-refractivity contribution in [3.63, 3.8) is 0 Å². The summed E-state index contributed by atoms with van der Waals surface area (Å²) in [5.74, 6) is 0.757. The molecule has 1 aromatic carbocycles. The molecule has 104 valence electrons. The molecule has 2 aromatic rings. The normalized spacial score (nSPS) is 15.2. The monoisotopic (exact) mass is 306 g/mol. The number of hydrogen-bond acceptors (Lipinski definition) is 5. The second-order valence-corrected chi connectivity index (χ2v) is 6.36. The largest absolute Gasteiger partial charge is 0.389 e. The Kier molecular flexibility index (Phi) is 4.05. The number of rotatable bonds is 4. The van der Waals surface area contributed by atoms with Gasteiger partial charge in [0.1, 0.15) is 0 Å². The molecule has 1 fully saturated rings. The summed E-state index contributed by atoms with van der Waals surface area (Å²) in [6.07, 6.45) is -0.367. The van der Waals surface area contributed by atoms with Gasteiger partial charge in [-0.1, -0.05) is 12.1 Å². The number of thiazole rings is 1. The second-order valence-electron chi connectivity index (χ2n) is 4.63. The third-order valence-corrected chi connectivity index (χ3v) is 4.87. The molecule has 1 N–H and O–H groups in total. The summed E-state index contributed by atoms with van der Waals surface area (Å²) in [7, 11) is 0. The minimum absolute atomic E-state index is 0.00308. The molecule has 20 heavy (non-hydrogen) atoms. The highest BCUT2D eigenvalue weighted by molar-refractivity contribution is 7.98. The summed E-state index contributed by atoms with van der Waals surface area (Å²) in [4.78, 5) is 19.2.